The molecule has 1 heterocycles. The molecule has 3 aromatic rings. The van der Waals surface area contributed by atoms with Crippen LogP contribution in [0.4, 0.5) is 0 Å². The number of aromatic amines is 1. The molecule has 2 N–H and O–H groups in total. The molecule has 0 radical (unpaired) electrons. The highest BCUT2D eigenvalue weighted by Gasteiger charge is 2.05. The van der Waals surface area contributed by atoms with Crippen molar-refractivity contribution in [1.82, 2.24) is 10.3 Å². The summed E-state index contributed by atoms with van der Waals surface area (Å²) in [4.78, 5) is 3.32. The van der Waals surface area contributed by atoms with Crippen LogP contribution in [0.15, 0.2) is 67.0 Å². The molecule has 2 aromatic carbocycles. The van der Waals surface area contributed by atoms with Crippen LogP contribution in [0, 0.1) is 0 Å². The first-order valence-electron chi connectivity index (χ1n) is 7.86. The Balaban J connectivity index is 1.56. The van der Waals surface area contributed by atoms with E-state index in [1.807, 2.05) is 18.2 Å². The van der Waals surface area contributed by atoms with E-state index in [2.05, 4.69) is 53.4 Å². The van der Waals surface area contributed by atoms with E-state index in [1.54, 1.807) is 7.11 Å². The summed E-state index contributed by atoms with van der Waals surface area (Å²) >= 11 is 0. The van der Waals surface area contributed by atoms with E-state index in [-0.39, 0.29) is 0 Å². The molecule has 0 aliphatic rings. The summed E-state index contributed by atoms with van der Waals surface area (Å²) in [6, 6.07) is 16.4. The van der Waals surface area contributed by atoms with Crippen LogP contribution in [0.2, 0.25) is 0 Å². The maximum absolute atomic E-state index is 5.37. The number of hydrogen-bond acceptors (Lipinski definition) is 2. The smallest absolute Gasteiger partial charge is 0.123 e. The number of para-hydroxylation sites is 2. The zero-order valence-electron chi connectivity index (χ0n) is 13.4. The molecule has 0 unspecified atom stereocenters. The Kier molecular flexibility index (Phi) is 4.67. The summed E-state index contributed by atoms with van der Waals surface area (Å²) < 4.78 is 5.37. The summed E-state index contributed by atoms with van der Waals surface area (Å²) in [6.45, 7) is 4.88. The summed E-state index contributed by atoms with van der Waals surface area (Å²) in [5.41, 5.74) is 4.71. The Hall–Kier alpha value is -2.68. The van der Waals surface area contributed by atoms with Crippen LogP contribution in [0.3, 0.4) is 0 Å². The molecule has 0 aliphatic carbocycles. The Labute approximate surface area is 137 Å². The number of allylic oxidation sites excluding steroid dienone is 1. The zero-order chi connectivity index (χ0) is 16.1. The SMILES string of the molecule is C=C(CCc1c[nH]c2ccccc12)NCc1ccccc1OC. The quantitative estimate of drug-likeness (QED) is 0.678. The van der Waals surface area contributed by atoms with Gasteiger partial charge in [0.05, 0.1) is 7.11 Å². The molecule has 0 saturated carbocycles. The number of H-pyrrole nitrogens is 1. The minimum atomic E-state index is 0.733. The normalized spacial score (nSPS) is 10.7. The number of rotatable bonds is 7. The van der Waals surface area contributed by atoms with Gasteiger partial charge < -0.3 is 15.0 Å². The molecule has 0 amide bonds. The molecular formula is C20H22N2O. The topological polar surface area (TPSA) is 37.0 Å². The van der Waals surface area contributed by atoms with Gasteiger partial charge in [-0.3, -0.25) is 0 Å². The average Bonchev–Trinajstić information content (AvgIpc) is 3.01. The molecule has 0 bridgehead atoms. The first-order chi connectivity index (χ1) is 11.3. The van der Waals surface area contributed by atoms with Gasteiger partial charge in [0.25, 0.3) is 0 Å². The molecule has 0 atom stereocenters. The molecule has 0 spiro atoms. The van der Waals surface area contributed by atoms with E-state index < -0.39 is 0 Å². The third-order valence-corrected chi connectivity index (χ3v) is 4.09. The third-order valence-electron chi connectivity index (χ3n) is 4.09. The van der Waals surface area contributed by atoms with Crippen LogP contribution >= 0.6 is 0 Å². The number of aryl methyl sites for hydroxylation is 1. The number of ether oxygens (including phenoxy) is 1. The maximum atomic E-state index is 5.37. The summed E-state index contributed by atoms with van der Waals surface area (Å²) in [6.07, 6.45) is 3.98. The molecular weight excluding hydrogens is 284 g/mol. The predicted octanol–water partition coefficient (Wildman–Crippen LogP) is 4.41. The van der Waals surface area contributed by atoms with Gasteiger partial charge in [-0.25, -0.2) is 0 Å². The highest BCUT2D eigenvalue weighted by atomic mass is 16.5. The van der Waals surface area contributed by atoms with Crippen LogP contribution in [0.1, 0.15) is 17.5 Å². The van der Waals surface area contributed by atoms with Crippen molar-refractivity contribution >= 4 is 10.9 Å². The van der Waals surface area contributed by atoms with E-state index in [4.69, 9.17) is 4.74 Å². The van der Waals surface area contributed by atoms with Crippen molar-refractivity contribution in [3.8, 4) is 5.75 Å². The standard InChI is InChI=1S/C20H22N2O/c1-15(21-14-17-7-3-6-10-20(17)23-2)11-12-16-13-22-19-9-5-4-8-18(16)19/h3-10,13,21-22H,1,11-12,14H2,2H3. The molecule has 0 fully saturated rings. The minimum absolute atomic E-state index is 0.733. The lowest BCUT2D eigenvalue weighted by Gasteiger charge is -2.12. The van der Waals surface area contributed by atoms with Crippen LogP contribution in [-0.4, -0.2) is 12.1 Å². The maximum Gasteiger partial charge on any atom is 0.123 e. The zero-order valence-corrected chi connectivity index (χ0v) is 13.4. The molecule has 118 valence electrons. The molecule has 23 heavy (non-hydrogen) atoms. The van der Waals surface area contributed by atoms with Crippen LogP contribution in [0.5, 0.6) is 5.75 Å². The average molecular weight is 306 g/mol. The lowest BCUT2D eigenvalue weighted by molar-refractivity contribution is 0.408. The lowest BCUT2D eigenvalue weighted by Crippen LogP contribution is -2.13. The van der Waals surface area contributed by atoms with Gasteiger partial charge in [0, 0.05) is 34.9 Å². The van der Waals surface area contributed by atoms with Crippen LogP contribution < -0.4 is 10.1 Å². The van der Waals surface area contributed by atoms with Crippen molar-refractivity contribution < 1.29 is 4.74 Å². The van der Waals surface area contributed by atoms with Gasteiger partial charge in [0.2, 0.25) is 0 Å². The first-order valence-corrected chi connectivity index (χ1v) is 7.86. The van der Waals surface area contributed by atoms with Gasteiger partial charge >= 0.3 is 0 Å². The van der Waals surface area contributed by atoms with E-state index in [0.717, 1.165) is 36.4 Å². The molecule has 3 heteroatoms. The van der Waals surface area contributed by atoms with Gasteiger partial charge in [-0.05, 0) is 30.5 Å². The van der Waals surface area contributed by atoms with Crippen molar-refractivity contribution in [3.05, 3.63) is 78.1 Å². The molecule has 1 aromatic heterocycles. The van der Waals surface area contributed by atoms with Crippen LogP contribution in [0.25, 0.3) is 10.9 Å². The Morgan fingerprint density at radius 3 is 2.74 bits per heavy atom. The Morgan fingerprint density at radius 1 is 1.09 bits per heavy atom. The molecule has 3 rings (SSSR count). The monoisotopic (exact) mass is 306 g/mol. The number of benzene rings is 2. The predicted molar refractivity (Wildman–Crippen MR) is 95.6 cm³/mol. The fourth-order valence-electron chi connectivity index (χ4n) is 2.78. The minimum Gasteiger partial charge on any atom is -0.496 e. The second kappa shape index (κ2) is 7.05. The molecule has 0 saturated heterocycles. The second-order valence-electron chi connectivity index (χ2n) is 5.63. The number of fused-ring (bicyclic) bond motifs is 1. The fraction of sp³-hybridized carbons (Fsp3) is 0.200. The third kappa shape index (κ3) is 3.57. The number of nitrogens with one attached hydrogen (secondary N) is 2. The van der Waals surface area contributed by atoms with Gasteiger partial charge in [0.1, 0.15) is 5.75 Å². The highest BCUT2D eigenvalue weighted by Crippen LogP contribution is 2.20. The lowest BCUT2D eigenvalue weighted by atomic mass is 10.1. The largest absolute Gasteiger partial charge is 0.496 e. The van der Waals surface area contributed by atoms with E-state index in [9.17, 15) is 0 Å². The van der Waals surface area contributed by atoms with Gasteiger partial charge in [-0.15, -0.1) is 0 Å². The molecule has 3 nitrogen and oxygen atoms in total. The van der Waals surface area contributed by atoms with E-state index in [1.165, 1.54) is 16.5 Å². The molecule has 0 aliphatic heterocycles. The van der Waals surface area contributed by atoms with Crippen molar-refractivity contribution in [1.29, 1.82) is 0 Å². The van der Waals surface area contributed by atoms with Gasteiger partial charge in [-0.1, -0.05) is 43.0 Å². The van der Waals surface area contributed by atoms with Crippen molar-refractivity contribution in [3.63, 3.8) is 0 Å². The van der Waals surface area contributed by atoms with E-state index >= 15 is 0 Å². The van der Waals surface area contributed by atoms with E-state index in [0.29, 0.717) is 0 Å². The number of methoxy groups -OCH3 is 1. The first kappa shape index (κ1) is 15.2. The Bertz CT molecular complexity index is 804. The second-order valence-corrected chi connectivity index (χ2v) is 5.63. The summed E-state index contributed by atoms with van der Waals surface area (Å²) in [5.74, 6) is 0.907. The van der Waals surface area contributed by atoms with Gasteiger partial charge in [0.15, 0.2) is 0 Å². The van der Waals surface area contributed by atoms with Crippen LogP contribution in [-0.2, 0) is 13.0 Å². The highest BCUT2D eigenvalue weighted by molar-refractivity contribution is 5.83. The summed E-state index contributed by atoms with van der Waals surface area (Å²) in [5, 5.41) is 4.70. The van der Waals surface area contributed by atoms with Crippen molar-refractivity contribution in [2.24, 2.45) is 0 Å². The van der Waals surface area contributed by atoms with Crippen molar-refractivity contribution in [2.75, 3.05) is 7.11 Å². The fourth-order valence-corrected chi connectivity index (χ4v) is 2.78. The van der Waals surface area contributed by atoms with Gasteiger partial charge in [-0.2, -0.15) is 0 Å². The Morgan fingerprint density at radius 2 is 1.87 bits per heavy atom. The number of hydrogen-bond donors (Lipinski definition) is 2. The van der Waals surface area contributed by atoms with Crippen molar-refractivity contribution in [2.45, 2.75) is 19.4 Å². The number of aromatic nitrogens is 1. The summed E-state index contributed by atoms with van der Waals surface area (Å²) in [7, 11) is 1.70.